The number of benzene rings is 2. The molecule has 0 radical (unpaired) electrons. The molecule has 0 heterocycles. The average molecular weight is 425 g/mol. The fraction of sp³-hybridized carbons (Fsp3) is 0.333. The van der Waals surface area contributed by atoms with Gasteiger partial charge in [-0.3, -0.25) is 0 Å². The Morgan fingerprint density at radius 1 is 0.885 bits per heavy atom. The molecule has 1 aliphatic rings. The summed E-state index contributed by atoms with van der Waals surface area (Å²) < 4.78 is 5.86. The van der Waals surface area contributed by atoms with Gasteiger partial charge in [0.25, 0.3) is 0 Å². The minimum absolute atomic E-state index is 0. The summed E-state index contributed by atoms with van der Waals surface area (Å²) >= 11 is -2.88. The molecule has 5 heteroatoms. The van der Waals surface area contributed by atoms with Crippen molar-refractivity contribution in [1.29, 1.82) is 0 Å². The maximum absolute atomic E-state index is 4.93. The molecule has 0 saturated heterocycles. The molecule has 0 amide bonds. The van der Waals surface area contributed by atoms with Gasteiger partial charge in [0.05, 0.1) is 0 Å². The maximum atomic E-state index is 4.93. The van der Waals surface area contributed by atoms with Crippen LogP contribution < -0.4 is 7.67 Å². The quantitative estimate of drug-likeness (QED) is 0.685. The summed E-state index contributed by atoms with van der Waals surface area (Å²) in [6.45, 7) is 11.3. The number of halogens is 2. The molecule has 1 N–H and O–H groups in total. The molecule has 26 heavy (non-hydrogen) atoms. The zero-order valence-corrected chi connectivity index (χ0v) is 19.5. The summed E-state index contributed by atoms with van der Waals surface area (Å²) in [4.78, 5) is 0. The van der Waals surface area contributed by atoms with Crippen LogP contribution in [0.1, 0.15) is 50.0 Å². The van der Waals surface area contributed by atoms with Crippen molar-refractivity contribution in [3.8, 4) is 0 Å². The molecule has 3 rings (SSSR count). The van der Waals surface area contributed by atoms with Crippen molar-refractivity contribution in [3.63, 3.8) is 0 Å². The second kappa shape index (κ2) is 8.67. The molecule has 2 aromatic carbocycles. The van der Waals surface area contributed by atoms with Crippen molar-refractivity contribution in [2.24, 2.45) is 0 Å². The normalized spacial score (nSPS) is 18.4. The van der Waals surface area contributed by atoms with E-state index in [0.29, 0.717) is 4.22 Å². The molecule has 0 fully saturated rings. The fourth-order valence-electron chi connectivity index (χ4n) is 4.10. The topological polar surface area (TPSA) is 12.0 Å². The van der Waals surface area contributed by atoms with Gasteiger partial charge in [-0.25, -0.2) is 0 Å². The molecule has 139 valence electrons. The number of nitrogens with one attached hydrogen (secondary N) is 1. The molecule has 1 aliphatic carbocycles. The molecule has 2 unspecified atom stereocenters. The van der Waals surface area contributed by atoms with E-state index in [4.69, 9.17) is 5.59 Å². The summed E-state index contributed by atoms with van der Waals surface area (Å²) in [6, 6.07) is 19.8. The van der Waals surface area contributed by atoms with E-state index in [1.54, 1.807) is 0 Å². The van der Waals surface area contributed by atoms with Crippen LogP contribution >= 0.6 is 24.8 Å². The number of hydrogen-bond acceptors (Lipinski definition) is 1. The Kier molecular flexibility index (Phi) is 7.85. The van der Waals surface area contributed by atoms with Crippen LogP contribution in [0.4, 0.5) is 0 Å². The van der Waals surface area contributed by atoms with Gasteiger partial charge < -0.3 is 0 Å². The first-order valence-electron chi connectivity index (χ1n) is 8.71. The van der Waals surface area contributed by atoms with Crippen LogP contribution in [0, 0.1) is 0 Å². The number of allylic oxidation sites excluding steroid dienone is 2. The van der Waals surface area contributed by atoms with Crippen molar-refractivity contribution >= 4 is 39.8 Å². The molecule has 0 spiro atoms. The van der Waals surface area contributed by atoms with Crippen molar-refractivity contribution in [2.45, 2.75) is 44.4 Å². The summed E-state index contributed by atoms with van der Waals surface area (Å²) in [5.74, 6) is 0. The minimum atomic E-state index is -2.88. The summed E-state index contributed by atoms with van der Waals surface area (Å²) in [6.07, 6.45) is 0. The molecule has 0 saturated carbocycles. The third-order valence-corrected chi connectivity index (χ3v) is 11.8. The molecule has 0 aromatic heterocycles. The van der Waals surface area contributed by atoms with Crippen LogP contribution in [-0.4, -0.2) is 11.1 Å². The Balaban J connectivity index is 0.00000169. The Morgan fingerprint density at radius 2 is 1.42 bits per heavy atom. The van der Waals surface area contributed by atoms with Crippen LogP contribution in [0.25, 0.3) is 5.57 Å². The standard InChI is InChI=1S/C11H11.C6H5.C4H10N.BH.2ClH.Ti/c1-8-7-10-5-3-4-6-11(10)9(8)2;1-2-4-6-5-3-1;1-4(2,3)5;;;;/h3-7H,1-2H3;1-5H;5H,1-3H3;3*1H;/q;;-1;;;;+1. The van der Waals surface area contributed by atoms with Crippen molar-refractivity contribution in [3.05, 3.63) is 71.3 Å². The number of hydrogen-bond donors (Lipinski definition) is 1. The van der Waals surface area contributed by atoms with Gasteiger partial charge in [0, 0.05) is 0 Å². The molecular formula is C21H29BCl2NTi. The van der Waals surface area contributed by atoms with Crippen LogP contribution in [0.2, 0.25) is 0 Å². The van der Waals surface area contributed by atoms with E-state index in [2.05, 4.69) is 93.0 Å². The van der Waals surface area contributed by atoms with E-state index in [0.717, 1.165) is 0 Å². The second-order valence-corrected chi connectivity index (χ2v) is 13.3. The van der Waals surface area contributed by atoms with Crippen LogP contribution in [0.5, 0.6) is 0 Å². The molecule has 2 atom stereocenters. The first-order chi connectivity index (χ1) is 11.2. The predicted octanol–water partition coefficient (Wildman–Crippen LogP) is 4.98. The van der Waals surface area contributed by atoms with Gasteiger partial charge in [0.2, 0.25) is 0 Å². The van der Waals surface area contributed by atoms with Gasteiger partial charge >= 0.3 is 151 Å². The molecule has 0 aliphatic heterocycles. The van der Waals surface area contributed by atoms with Crippen molar-refractivity contribution in [1.82, 2.24) is 3.80 Å². The third-order valence-electron chi connectivity index (χ3n) is 5.08. The van der Waals surface area contributed by atoms with Gasteiger partial charge in [0.1, 0.15) is 0 Å². The van der Waals surface area contributed by atoms with Gasteiger partial charge in [-0.1, -0.05) is 0 Å². The van der Waals surface area contributed by atoms with Gasteiger partial charge in [-0.2, -0.15) is 0 Å². The molecule has 0 bridgehead atoms. The Bertz CT molecular complexity index is 841. The third kappa shape index (κ3) is 4.32. The van der Waals surface area contributed by atoms with Gasteiger partial charge in [0.15, 0.2) is 0 Å². The SMILES string of the molecule is Cl.Cl.[BH]=[Ti]([NH]C(C)(C)C)([c]1ccccc1)[CH]1C(C)=C(C)c2ccccc21. The van der Waals surface area contributed by atoms with Crippen LogP contribution in [0.3, 0.4) is 0 Å². The van der Waals surface area contributed by atoms with Crippen LogP contribution in [-0.2, 0) is 16.2 Å². The Hall–Kier alpha value is -0.501. The van der Waals surface area contributed by atoms with E-state index < -0.39 is 16.2 Å². The first kappa shape index (κ1) is 23.5. The summed E-state index contributed by atoms with van der Waals surface area (Å²) in [5.41, 5.74) is 10.8. The summed E-state index contributed by atoms with van der Waals surface area (Å²) in [7, 11) is 0. The van der Waals surface area contributed by atoms with E-state index in [-0.39, 0.29) is 30.4 Å². The molecule has 2 aromatic rings. The Labute approximate surface area is 174 Å². The van der Waals surface area contributed by atoms with E-state index in [9.17, 15) is 0 Å². The van der Waals surface area contributed by atoms with E-state index in [1.807, 2.05) is 0 Å². The molecular weight excluding hydrogens is 396 g/mol. The Morgan fingerprint density at radius 3 is 2.00 bits per heavy atom. The monoisotopic (exact) mass is 424 g/mol. The van der Waals surface area contributed by atoms with Crippen LogP contribution in [0.15, 0.2) is 60.2 Å². The predicted molar refractivity (Wildman–Crippen MR) is 118 cm³/mol. The number of fused-ring (bicyclic) bond motifs is 1. The zero-order valence-electron chi connectivity index (χ0n) is 16.3. The fourth-order valence-corrected chi connectivity index (χ4v) is 11.1. The zero-order chi connectivity index (χ0) is 17.5. The second-order valence-electron chi connectivity index (χ2n) is 8.04. The van der Waals surface area contributed by atoms with Crippen molar-refractivity contribution < 1.29 is 16.2 Å². The van der Waals surface area contributed by atoms with Gasteiger partial charge in [-0.05, 0) is 0 Å². The number of rotatable bonds is 3. The summed E-state index contributed by atoms with van der Waals surface area (Å²) in [5, 5.41) is 0. The van der Waals surface area contributed by atoms with Gasteiger partial charge in [-0.15, -0.1) is 24.8 Å². The van der Waals surface area contributed by atoms with E-state index in [1.165, 1.54) is 26.1 Å². The first-order valence-corrected chi connectivity index (χ1v) is 12.3. The van der Waals surface area contributed by atoms with Crippen molar-refractivity contribution in [2.75, 3.05) is 0 Å². The molecule has 1 nitrogen and oxygen atoms in total. The average Bonchev–Trinajstić information content (AvgIpc) is 2.79. The van der Waals surface area contributed by atoms with E-state index >= 15 is 0 Å².